The minimum Gasteiger partial charge on any atom is -0.396 e. The number of rotatable bonds is 1. The van der Waals surface area contributed by atoms with Crippen LogP contribution in [0.25, 0.3) is 0 Å². The first-order valence-corrected chi connectivity index (χ1v) is 5.79. The van der Waals surface area contributed by atoms with Crippen LogP contribution in [0.4, 0.5) is 11.5 Å². The molecule has 0 saturated heterocycles. The molecule has 2 N–H and O–H groups in total. The summed E-state index contributed by atoms with van der Waals surface area (Å²) < 4.78 is 2.14. The van der Waals surface area contributed by atoms with Crippen LogP contribution in [-0.2, 0) is 13.1 Å². The molecule has 2 aromatic heterocycles. The van der Waals surface area contributed by atoms with E-state index in [1.807, 2.05) is 12.4 Å². The van der Waals surface area contributed by atoms with Gasteiger partial charge in [0.2, 0.25) is 0 Å². The molecule has 0 aromatic carbocycles. The Hall–Kier alpha value is -1.75. The first kappa shape index (κ1) is 10.4. The highest BCUT2D eigenvalue weighted by atomic mass is 35.5. The molecule has 0 saturated carbocycles. The van der Waals surface area contributed by atoms with Gasteiger partial charge in [0, 0.05) is 25.5 Å². The van der Waals surface area contributed by atoms with E-state index in [9.17, 15) is 0 Å². The van der Waals surface area contributed by atoms with E-state index in [0.29, 0.717) is 17.4 Å². The van der Waals surface area contributed by atoms with Crippen LogP contribution in [0.5, 0.6) is 0 Å². The second-order valence-corrected chi connectivity index (χ2v) is 4.39. The van der Waals surface area contributed by atoms with Gasteiger partial charge in [-0.1, -0.05) is 11.6 Å². The van der Waals surface area contributed by atoms with Crippen LogP contribution in [0, 0.1) is 0 Å². The van der Waals surface area contributed by atoms with Crippen molar-refractivity contribution in [3.05, 3.63) is 35.5 Å². The van der Waals surface area contributed by atoms with E-state index in [-0.39, 0.29) is 0 Å². The van der Waals surface area contributed by atoms with Crippen molar-refractivity contribution < 1.29 is 0 Å². The first-order chi connectivity index (χ1) is 8.24. The number of hydrogen-bond acceptors (Lipinski definition) is 4. The van der Waals surface area contributed by atoms with Crippen LogP contribution in [0.2, 0.25) is 5.15 Å². The molecule has 2 aromatic rings. The summed E-state index contributed by atoms with van der Waals surface area (Å²) in [7, 11) is 0. The van der Waals surface area contributed by atoms with Crippen molar-refractivity contribution in [2.24, 2.45) is 0 Å². The Balaban J connectivity index is 1.94. The number of imidazole rings is 1. The molecule has 88 valence electrons. The maximum absolute atomic E-state index is 5.93. The quantitative estimate of drug-likeness (QED) is 0.779. The van der Waals surface area contributed by atoms with Crippen molar-refractivity contribution in [3.8, 4) is 0 Å². The third kappa shape index (κ3) is 1.82. The average molecular weight is 250 g/mol. The molecular weight excluding hydrogens is 238 g/mol. The van der Waals surface area contributed by atoms with Crippen LogP contribution in [0.3, 0.4) is 0 Å². The third-order valence-electron chi connectivity index (χ3n) is 2.92. The number of hydrogen-bond donors (Lipinski definition) is 1. The molecule has 0 aliphatic carbocycles. The van der Waals surface area contributed by atoms with Crippen LogP contribution in [-0.4, -0.2) is 21.1 Å². The van der Waals surface area contributed by atoms with Gasteiger partial charge in [-0.2, -0.15) is 0 Å². The normalized spacial score (nSPS) is 14.8. The summed E-state index contributed by atoms with van der Waals surface area (Å²) in [4.78, 5) is 10.7. The van der Waals surface area contributed by atoms with Crippen LogP contribution >= 0.6 is 11.6 Å². The lowest BCUT2D eigenvalue weighted by Crippen LogP contribution is -2.34. The second-order valence-electron chi connectivity index (χ2n) is 4.01. The smallest absolute Gasteiger partial charge is 0.154 e. The SMILES string of the molecule is Nc1ccc(Cl)nc1N1CCn2ccnc2C1. The molecule has 0 radical (unpaired) electrons. The highest BCUT2D eigenvalue weighted by Gasteiger charge is 2.19. The molecule has 6 heteroatoms. The summed E-state index contributed by atoms with van der Waals surface area (Å²) in [5, 5.41) is 0.461. The Morgan fingerprint density at radius 3 is 3.06 bits per heavy atom. The van der Waals surface area contributed by atoms with E-state index in [0.717, 1.165) is 24.7 Å². The van der Waals surface area contributed by atoms with Crippen molar-refractivity contribution in [1.82, 2.24) is 14.5 Å². The Morgan fingerprint density at radius 1 is 1.29 bits per heavy atom. The molecule has 0 unspecified atom stereocenters. The molecule has 0 amide bonds. The fourth-order valence-electron chi connectivity index (χ4n) is 2.04. The number of nitrogens with two attached hydrogens (primary N) is 1. The molecule has 3 rings (SSSR count). The van der Waals surface area contributed by atoms with E-state index in [1.54, 1.807) is 12.1 Å². The maximum Gasteiger partial charge on any atom is 0.154 e. The zero-order valence-electron chi connectivity index (χ0n) is 9.17. The van der Waals surface area contributed by atoms with Gasteiger partial charge in [0.05, 0.1) is 12.2 Å². The van der Waals surface area contributed by atoms with Crippen molar-refractivity contribution in [2.75, 3.05) is 17.2 Å². The topological polar surface area (TPSA) is 60.0 Å². The minimum absolute atomic E-state index is 0.461. The zero-order chi connectivity index (χ0) is 11.8. The van der Waals surface area contributed by atoms with Gasteiger partial charge in [0.25, 0.3) is 0 Å². The van der Waals surface area contributed by atoms with Gasteiger partial charge < -0.3 is 15.2 Å². The predicted molar refractivity (Wildman–Crippen MR) is 66.9 cm³/mol. The Kier molecular flexibility index (Phi) is 2.40. The van der Waals surface area contributed by atoms with E-state index in [2.05, 4.69) is 19.4 Å². The van der Waals surface area contributed by atoms with Crippen LogP contribution in [0.15, 0.2) is 24.5 Å². The van der Waals surface area contributed by atoms with E-state index in [4.69, 9.17) is 17.3 Å². The highest BCUT2D eigenvalue weighted by Crippen LogP contribution is 2.25. The summed E-state index contributed by atoms with van der Waals surface area (Å²) in [6.45, 7) is 2.47. The molecule has 0 atom stereocenters. The van der Waals surface area contributed by atoms with E-state index in [1.165, 1.54) is 0 Å². The number of fused-ring (bicyclic) bond motifs is 1. The lowest BCUT2D eigenvalue weighted by Gasteiger charge is -2.29. The summed E-state index contributed by atoms with van der Waals surface area (Å²) >= 11 is 5.90. The summed E-state index contributed by atoms with van der Waals surface area (Å²) in [5.41, 5.74) is 6.57. The van der Waals surface area contributed by atoms with Crippen molar-refractivity contribution in [1.29, 1.82) is 0 Å². The number of anilines is 2. The molecule has 0 bridgehead atoms. The second kappa shape index (κ2) is 3.92. The maximum atomic E-state index is 5.93. The van der Waals surface area contributed by atoms with Crippen molar-refractivity contribution in [2.45, 2.75) is 13.1 Å². The number of pyridine rings is 1. The zero-order valence-corrected chi connectivity index (χ0v) is 9.93. The number of halogens is 1. The van der Waals surface area contributed by atoms with Gasteiger partial charge in [0.15, 0.2) is 5.82 Å². The number of nitrogens with zero attached hydrogens (tertiary/aromatic N) is 4. The van der Waals surface area contributed by atoms with Crippen LogP contribution in [0.1, 0.15) is 5.82 Å². The minimum atomic E-state index is 0.461. The first-order valence-electron chi connectivity index (χ1n) is 5.41. The number of nitrogen functional groups attached to an aromatic ring is 1. The molecule has 0 fully saturated rings. The van der Waals surface area contributed by atoms with E-state index < -0.39 is 0 Å². The van der Waals surface area contributed by atoms with Gasteiger partial charge in [-0.25, -0.2) is 9.97 Å². The molecular formula is C11H12ClN5. The Labute approximate surface area is 104 Å². The molecule has 17 heavy (non-hydrogen) atoms. The molecule has 5 nitrogen and oxygen atoms in total. The highest BCUT2D eigenvalue weighted by molar-refractivity contribution is 6.29. The molecule has 1 aliphatic rings. The molecule has 3 heterocycles. The van der Waals surface area contributed by atoms with Gasteiger partial charge in [-0.15, -0.1) is 0 Å². The molecule has 0 spiro atoms. The summed E-state index contributed by atoms with van der Waals surface area (Å²) in [5.74, 6) is 1.77. The summed E-state index contributed by atoms with van der Waals surface area (Å²) in [6.07, 6.45) is 3.80. The fraction of sp³-hybridized carbons (Fsp3) is 0.273. The Bertz CT molecular complexity index is 551. The lowest BCUT2D eigenvalue weighted by atomic mass is 10.3. The van der Waals surface area contributed by atoms with Gasteiger partial charge in [-0.05, 0) is 12.1 Å². The Morgan fingerprint density at radius 2 is 2.18 bits per heavy atom. The average Bonchev–Trinajstić information content (AvgIpc) is 2.79. The summed E-state index contributed by atoms with van der Waals surface area (Å²) in [6, 6.07) is 3.48. The predicted octanol–water partition coefficient (Wildman–Crippen LogP) is 1.53. The third-order valence-corrected chi connectivity index (χ3v) is 3.13. The monoisotopic (exact) mass is 249 g/mol. The van der Waals surface area contributed by atoms with Crippen LogP contribution < -0.4 is 10.6 Å². The standard InChI is InChI=1S/C11H12ClN5/c12-9-2-1-8(13)11(15-9)17-6-5-16-4-3-14-10(16)7-17/h1-4H,5-7,13H2. The van der Waals surface area contributed by atoms with Crippen molar-refractivity contribution in [3.63, 3.8) is 0 Å². The fourth-order valence-corrected chi connectivity index (χ4v) is 2.19. The van der Waals surface area contributed by atoms with E-state index >= 15 is 0 Å². The van der Waals surface area contributed by atoms with Crippen molar-refractivity contribution >= 4 is 23.1 Å². The largest absolute Gasteiger partial charge is 0.396 e. The lowest BCUT2D eigenvalue weighted by molar-refractivity contribution is 0.557. The molecule has 1 aliphatic heterocycles. The van der Waals surface area contributed by atoms with Gasteiger partial charge in [-0.3, -0.25) is 0 Å². The van der Waals surface area contributed by atoms with Gasteiger partial charge in [0.1, 0.15) is 11.0 Å². The number of aromatic nitrogens is 3. The van der Waals surface area contributed by atoms with Gasteiger partial charge >= 0.3 is 0 Å².